The summed E-state index contributed by atoms with van der Waals surface area (Å²) in [6.45, 7) is 5.42. The number of aromatic nitrogens is 1. The summed E-state index contributed by atoms with van der Waals surface area (Å²) in [7, 11) is 0. The van der Waals surface area contributed by atoms with Crippen molar-refractivity contribution in [3.05, 3.63) is 27.7 Å². The number of carbonyl (C=O) groups is 1. The number of ketones is 1. The van der Waals surface area contributed by atoms with E-state index in [9.17, 15) is 14.7 Å². The third-order valence-corrected chi connectivity index (χ3v) is 2.02. The zero-order valence-electron chi connectivity index (χ0n) is 9.13. The van der Waals surface area contributed by atoms with E-state index in [1.807, 2.05) is 13.8 Å². The van der Waals surface area contributed by atoms with E-state index in [2.05, 4.69) is 4.98 Å². The van der Waals surface area contributed by atoms with Crippen LogP contribution in [0.4, 0.5) is 0 Å². The van der Waals surface area contributed by atoms with E-state index in [0.29, 0.717) is 5.69 Å². The minimum absolute atomic E-state index is 0.130. The molecule has 0 radical (unpaired) electrons. The topological polar surface area (TPSA) is 70.2 Å². The van der Waals surface area contributed by atoms with E-state index in [-0.39, 0.29) is 29.4 Å². The summed E-state index contributed by atoms with van der Waals surface area (Å²) in [5, 5.41) is 9.51. The third kappa shape index (κ3) is 2.68. The highest BCUT2D eigenvalue weighted by atomic mass is 16.3. The fourth-order valence-electron chi connectivity index (χ4n) is 1.41. The fourth-order valence-corrected chi connectivity index (χ4v) is 1.41. The van der Waals surface area contributed by atoms with Gasteiger partial charge in [0.25, 0.3) is 5.56 Å². The van der Waals surface area contributed by atoms with Gasteiger partial charge in [0.1, 0.15) is 11.3 Å². The largest absolute Gasteiger partial charge is 0.507 e. The summed E-state index contributed by atoms with van der Waals surface area (Å²) in [4.78, 5) is 25.6. The van der Waals surface area contributed by atoms with Gasteiger partial charge in [0.2, 0.25) is 0 Å². The Morgan fingerprint density at radius 2 is 2.13 bits per heavy atom. The molecule has 0 saturated carbocycles. The van der Waals surface area contributed by atoms with Crippen LogP contribution in [-0.4, -0.2) is 15.9 Å². The first kappa shape index (κ1) is 11.5. The molecule has 0 bridgehead atoms. The molecule has 0 amide bonds. The average Bonchev–Trinajstić information content (AvgIpc) is 1.99. The van der Waals surface area contributed by atoms with Crippen LogP contribution in [0.5, 0.6) is 5.75 Å². The zero-order chi connectivity index (χ0) is 11.6. The van der Waals surface area contributed by atoms with E-state index < -0.39 is 5.56 Å². The van der Waals surface area contributed by atoms with E-state index in [1.54, 1.807) is 6.92 Å². The first-order valence-electron chi connectivity index (χ1n) is 4.88. The Kier molecular flexibility index (Phi) is 3.29. The molecule has 0 aliphatic carbocycles. The van der Waals surface area contributed by atoms with Crippen LogP contribution in [-0.2, 0) is 0 Å². The summed E-state index contributed by atoms with van der Waals surface area (Å²) in [5.74, 6) is -0.386. The van der Waals surface area contributed by atoms with Crippen molar-refractivity contribution in [1.29, 1.82) is 0 Å². The molecule has 1 rings (SSSR count). The maximum Gasteiger partial charge on any atom is 0.262 e. The van der Waals surface area contributed by atoms with Crippen molar-refractivity contribution in [2.24, 2.45) is 5.92 Å². The Hall–Kier alpha value is -1.58. The van der Waals surface area contributed by atoms with Crippen LogP contribution in [0, 0.1) is 12.8 Å². The van der Waals surface area contributed by atoms with Crippen LogP contribution in [0.2, 0.25) is 0 Å². The molecule has 0 aromatic carbocycles. The Balaban J connectivity index is 3.15. The summed E-state index contributed by atoms with van der Waals surface area (Å²) >= 11 is 0. The first-order chi connectivity index (χ1) is 6.91. The first-order valence-corrected chi connectivity index (χ1v) is 4.88. The van der Waals surface area contributed by atoms with Crippen LogP contribution >= 0.6 is 0 Å². The van der Waals surface area contributed by atoms with Gasteiger partial charge < -0.3 is 10.1 Å². The second-order valence-corrected chi connectivity index (χ2v) is 4.06. The molecule has 4 nitrogen and oxygen atoms in total. The number of rotatable bonds is 3. The second kappa shape index (κ2) is 4.29. The van der Waals surface area contributed by atoms with Gasteiger partial charge in [0.15, 0.2) is 5.78 Å². The lowest BCUT2D eigenvalue weighted by molar-refractivity contribution is 0.0963. The number of hydrogen-bond donors (Lipinski definition) is 2. The number of Topliss-reactive ketones (excluding diaryl/α,β-unsaturated/α-hetero) is 1. The molecule has 0 atom stereocenters. The van der Waals surface area contributed by atoms with E-state index in [1.165, 1.54) is 6.07 Å². The maximum atomic E-state index is 11.6. The molecule has 4 heteroatoms. The summed E-state index contributed by atoms with van der Waals surface area (Å²) < 4.78 is 0. The molecule has 0 saturated heterocycles. The van der Waals surface area contributed by atoms with E-state index in [0.717, 1.165) is 0 Å². The van der Waals surface area contributed by atoms with Crippen LogP contribution < -0.4 is 5.56 Å². The maximum absolute atomic E-state index is 11.6. The molecule has 15 heavy (non-hydrogen) atoms. The lowest BCUT2D eigenvalue weighted by atomic mass is 10.0. The number of hydrogen-bond acceptors (Lipinski definition) is 3. The molecule has 0 spiro atoms. The number of carbonyl (C=O) groups excluding carboxylic acids is 1. The van der Waals surface area contributed by atoms with Gasteiger partial charge in [-0.1, -0.05) is 13.8 Å². The van der Waals surface area contributed by atoms with Gasteiger partial charge in [-0.05, 0) is 18.9 Å². The van der Waals surface area contributed by atoms with Crippen LogP contribution in [0.15, 0.2) is 10.9 Å². The Bertz CT molecular complexity index is 432. The molecule has 1 aromatic rings. The normalized spacial score (nSPS) is 10.7. The standard InChI is InChI=1S/C11H15NO3/c1-6(2)4-8(13)10-9(14)5-7(3)12-11(10)15/h5-6H,4H2,1-3H3,(H2,12,14,15). The van der Waals surface area contributed by atoms with Gasteiger partial charge in [-0.3, -0.25) is 9.59 Å². The van der Waals surface area contributed by atoms with Crippen molar-refractivity contribution in [3.8, 4) is 5.75 Å². The highest BCUT2D eigenvalue weighted by molar-refractivity contribution is 5.98. The van der Waals surface area contributed by atoms with Crippen molar-refractivity contribution in [2.45, 2.75) is 27.2 Å². The molecular formula is C11H15NO3. The number of aryl methyl sites for hydroxylation is 1. The summed E-state index contributed by atoms with van der Waals surface area (Å²) in [6, 6.07) is 1.38. The van der Waals surface area contributed by atoms with Crippen molar-refractivity contribution < 1.29 is 9.90 Å². The Labute approximate surface area is 88.0 Å². The van der Waals surface area contributed by atoms with Gasteiger partial charge in [-0.25, -0.2) is 0 Å². The minimum Gasteiger partial charge on any atom is -0.507 e. The van der Waals surface area contributed by atoms with E-state index >= 15 is 0 Å². The Morgan fingerprint density at radius 3 is 2.60 bits per heavy atom. The van der Waals surface area contributed by atoms with Gasteiger partial charge in [0, 0.05) is 12.1 Å². The molecule has 0 fully saturated rings. The third-order valence-electron chi connectivity index (χ3n) is 2.02. The SMILES string of the molecule is Cc1cc(O)c(C(=O)CC(C)C)c(=O)[nH]1. The highest BCUT2D eigenvalue weighted by Crippen LogP contribution is 2.16. The van der Waals surface area contributed by atoms with Gasteiger partial charge in [-0.15, -0.1) is 0 Å². The quantitative estimate of drug-likeness (QED) is 0.743. The molecular weight excluding hydrogens is 194 g/mol. The predicted molar refractivity (Wildman–Crippen MR) is 57.3 cm³/mol. The average molecular weight is 209 g/mol. The number of aromatic hydroxyl groups is 1. The van der Waals surface area contributed by atoms with Crippen LogP contribution in [0.25, 0.3) is 0 Å². The van der Waals surface area contributed by atoms with Crippen molar-refractivity contribution in [1.82, 2.24) is 4.98 Å². The van der Waals surface area contributed by atoms with Gasteiger partial charge in [0.05, 0.1) is 0 Å². The van der Waals surface area contributed by atoms with Crippen molar-refractivity contribution >= 4 is 5.78 Å². The predicted octanol–water partition coefficient (Wildman–Crippen LogP) is 1.62. The summed E-state index contributed by atoms with van der Waals surface area (Å²) in [5.41, 5.74) is -0.106. The minimum atomic E-state index is -0.516. The number of pyridine rings is 1. The van der Waals surface area contributed by atoms with Gasteiger partial charge in [-0.2, -0.15) is 0 Å². The zero-order valence-corrected chi connectivity index (χ0v) is 9.13. The molecule has 0 unspecified atom stereocenters. The lowest BCUT2D eigenvalue weighted by Gasteiger charge is -2.05. The van der Waals surface area contributed by atoms with Gasteiger partial charge >= 0.3 is 0 Å². The fraction of sp³-hybridized carbons (Fsp3) is 0.455. The Morgan fingerprint density at radius 1 is 1.53 bits per heavy atom. The number of H-pyrrole nitrogens is 1. The molecule has 1 heterocycles. The smallest absolute Gasteiger partial charge is 0.262 e. The molecule has 2 N–H and O–H groups in total. The van der Waals surface area contributed by atoms with Crippen molar-refractivity contribution in [3.63, 3.8) is 0 Å². The lowest BCUT2D eigenvalue weighted by Crippen LogP contribution is -2.19. The molecule has 82 valence electrons. The van der Waals surface area contributed by atoms with Crippen LogP contribution in [0.1, 0.15) is 36.3 Å². The highest BCUT2D eigenvalue weighted by Gasteiger charge is 2.17. The van der Waals surface area contributed by atoms with Crippen LogP contribution in [0.3, 0.4) is 0 Å². The second-order valence-electron chi connectivity index (χ2n) is 4.06. The molecule has 0 aliphatic heterocycles. The molecule has 1 aromatic heterocycles. The van der Waals surface area contributed by atoms with Crippen molar-refractivity contribution in [2.75, 3.05) is 0 Å². The number of aromatic amines is 1. The monoisotopic (exact) mass is 209 g/mol. The number of nitrogens with one attached hydrogen (secondary N) is 1. The van der Waals surface area contributed by atoms with E-state index in [4.69, 9.17) is 0 Å². The summed E-state index contributed by atoms with van der Waals surface area (Å²) in [6.07, 6.45) is 0.264. The molecule has 0 aliphatic rings.